The standard InChI is InChI=1S/C39H43BrN2O18S6/c1-38(2)34(41(15-5-17-61(43,44)45)30-11-9-26-28(36(30)38)19-24(63(49,50)51)21-32(26)65(55,56)57)13-7-23(40)8-14-35-39(3,4)37-29-20-25(64(52,53)54)22-33(66(58,59)60)27(29)10-12-31(37)42(35)16-6-18-62(46,47)48/h7-14,19-22,34H,5-6,15-18H2,1-4H3,(H,43,44,45)(H,46,47,48)(H,49,50,51)(H,52,53,54)(H,55,56,57)(H,58,59,60)/b13-7+,23-8-,35-14-. The third kappa shape index (κ3) is 10.4. The third-order valence-corrected chi connectivity index (χ3v) is 17.1. The molecule has 1 atom stereocenters. The summed E-state index contributed by atoms with van der Waals surface area (Å²) in [4.78, 5) is 0.180. The van der Waals surface area contributed by atoms with Gasteiger partial charge in [0.1, 0.15) is 9.79 Å². The van der Waals surface area contributed by atoms with Crippen molar-refractivity contribution >= 4 is 110 Å². The monoisotopic (exact) mass is 1100 g/mol. The van der Waals surface area contributed by atoms with Crippen LogP contribution in [0.5, 0.6) is 0 Å². The van der Waals surface area contributed by atoms with Crippen molar-refractivity contribution in [3.8, 4) is 0 Å². The average molecular weight is 1100 g/mol. The number of hydrogen-bond donors (Lipinski definition) is 6. The van der Waals surface area contributed by atoms with E-state index in [0.29, 0.717) is 44.8 Å². The van der Waals surface area contributed by atoms with Gasteiger partial charge in [-0.3, -0.25) is 27.3 Å². The van der Waals surface area contributed by atoms with Gasteiger partial charge in [-0.2, -0.15) is 50.5 Å². The summed E-state index contributed by atoms with van der Waals surface area (Å²) < 4.78 is 206. The molecule has 2 heterocycles. The summed E-state index contributed by atoms with van der Waals surface area (Å²) >= 11 is 3.53. The van der Waals surface area contributed by atoms with Crippen LogP contribution in [0.2, 0.25) is 0 Å². The lowest BCUT2D eigenvalue weighted by Gasteiger charge is -2.32. The van der Waals surface area contributed by atoms with Crippen molar-refractivity contribution in [2.75, 3.05) is 34.4 Å². The Bertz CT molecular complexity index is 3510. The maximum atomic E-state index is 12.5. The van der Waals surface area contributed by atoms with E-state index in [1.54, 1.807) is 61.8 Å². The number of nitrogens with zero attached hydrogens (tertiary/aromatic N) is 2. The highest BCUT2D eigenvalue weighted by molar-refractivity contribution is 9.11. The molecule has 6 rings (SSSR count). The zero-order valence-electron chi connectivity index (χ0n) is 35.1. The Balaban J connectivity index is 1.50. The maximum Gasteiger partial charge on any atom is 0.295 e. The molecule has 1 unspecified atom stereocenters. The predicted octanol–water partition coefficient (Wildman–Crippen LogP) is 5.52. The van der Waals surface area contributed by atoms with Crippen molar-refractivity contribution in [2.24, 2.45) is 0 Å². The molecule has 0 radical (unpaired) electrons. The van der Waals surface area contributed by atoms with Crippen LogP contribution in [0, 0.1) is 0 Å². The van der Waals surface area contributed by atoms with Gasteiger partial charge >= 0.3 is 0 Å². The van der Waals surface area contributed by atoms with Crippen molar-refractivity contribution in [3.05, 3.63) is 94.1 Å². The van der Waals surface area contributed by atoms with E-state index in [0.717, 1.165) is 12.1 Å². The number of benzene rings is 4. The molecule has 4 aromatic rings. The Kier molecular flexibility index (Phi) is 13.5. The van der Waals surface area contributed by atoms with E-state index >= 15 is 0 Å². The highest BCUT2D eigenvalue weighted by Crippen LogP contribution is 2.53. The van der Waals surface area contributed by atoms with Crippen molar-refractivity contribution in [1.29, 1.82) is 0 Å². The highest BCUT2D eigenvalue weighted by Gasteiger charge is 2.45. The van der Waals surface area contributed by atoms with Crippen LogP contribution in [0.3, 0.4) is 0 Å². The van der Waals surface area contributed by atoms with Gasteiger partial charge in [0.2, 0.25) is 0 Å². The molecule has 20 nitrogen and oxygen atoms in total. The van der Waals surface area contributed by atoms with Gasteiger partial charge in [-0.15, -0.1) is 0 Å². The van der Waals surface area contributed by atoms with Crippen LogP contribution in [0.1, 0.15) is 51.7 Å². The maximum absolute atomic E-state index is 12.5. The van der Waals surface area contributed by atoms with Crippen LogP contribution >= 0.6 is 15.9 Å². The molecule has 0 bridgehead atoms. The molecule has 27 heteroatoms. The summed E-state index contributed by atoms with van der Waals surface area (Å²) in [6.45, 7) is 6.84. The Morgan fingerprint density at radius 3 is 1.52 bits per heavy atom. The first-order chi connectivity index (χ1) is 29.9. The Hall–Kier alpha value is -3.84. The minimum atomic E-state index is -5.06. The number of rotatable bonds is 15. The number of anilines is 2. The second-order valence-corrected chi connectivity index (χ2v) is 26.4. The Morgan fingerprint density at radius 1 is 0.606 bits per heavy atom. The molecule has 0 amide bonds. The second-order valence-electron chi connectivity index (χ2n) is 16.7. The van der Waals surface area contributed by atoms with Gasteiger partial charge in [-0.25, -0.2) is 0 Å². The molecule has 360 valence electrons. The van der Waals surface area contributed by atoms with Crippen LogP contribution in [0.15, 0.2) is 103 Å². The van der Waals surface area contributed by atoms with Gasteiger partial charge in [-0.05, 0) is 89.4 Å². The van der Waals surface area contributed by atoms with Crippen molar-refractivity contribution < 1.29 is 77.8 Å². The van der Waals surface area contributed by atoms with Gasteiger partial charge in [0.25, 0.3) is 60.7 Å². The largest absolute Gasteiger partial charge is 0.364 e. The van der Waals surface area contributed by atoms with E-state index < -0.39 is 109 Å². The topological polar surface area (TPSA) is 333 Å². The summed E-state index contributed by atoms with van der Waals surface area (Å²) in [6.07, 6.45) is 6.32. The molecule has 66 heavy (non-hydrogen) atoms. The number of hydrogen-bond acceptors (Lipinski definition) is 14. The van der Waals surface area contributed by atoms with E-state index in [1.165, 1.54) is 24.3 Å². The summed E-state index contributed by atoms with van der Waals surface area (Å²) in [7, 11) is -29.0. The highest BCUT2D eigenvalue weighted by atomic mass is 79.9. The molecule has 6 N–H and O–H groups in total. The third-order valence-electron chi connectivity index (χ3n) is 11.5. The van der Waals surface area contributed by atoms with E-state index in [9.17, 15) is 77.8 Å². The molecule has 0 aromatic heterocycles. The van der Waals surface area contributed by atoms with Gasteiger partial charge in [0, 0.05) is 56.2 Å². The fourth-order valence-electron chi connectivity index (χ4n) is 8.90. The first-order valence-electron chi connectivity index (χ1n) is 19.3. The predicted molar refractivity (Wildman–Crippen MR) is 248 cm³/mol. The fourth-order valence-corrected chi connectivity index (χ4v) is 12.8. The summed E-state index contributed by atoms with van der Waals surface area (Å²) in [6, 6.07) is 8.26. The van der Waals surface area contributed by atoms with Gasteiger partial charge in [0.15, 0.2) is 0 Å². The second kappa shape index (κ2) is 17.3. The average Bonchev–Trinajstić information content (AvgIpc) is 3.50. The summed E-state index contributed by atoms with van der Waals surface area (Å²) in [5, 5.41) is -0.117. The number of allylic oxidation sites excluding steroid dienone is 5. The van der Waals surface area contributed by atoms with Gasteiger partial charge in [-0.1, -0.05) is 61.8 Å². The molecule has 0 saturated carbocycles. The van der Waals surface area contributed by atoms with E-state index in [1.807, 2.05) is 0 Å². The van der Waals surface area contributed by atoms with Crippen LogP contribution in [-0.2, 0) is 71.5 Å². The molecular formula is C39H43BrN2O18S6. The quantitative estimate of drug-likeness (QED) is 0.0630. The lowest BCUT2D eigenvalue weighted by Crippen LogP contribution is -2.41. The lowest BCUT2D eigenvalue weighted by molar-refractivity contribution is 0.467. The summed E-state index contributed by atoms with van der Waals surface area (Å²) in [5.41, 5.74) is -0.307. The zero-order chi connectivity index (χ0) is 49.5. The number of fused-ring (bicyclic) bond motifs is 6. The SMILES string of the molecule is CC1(C)/C(=C/C=C(Br)/C=C/C2N(CCCS(=O)(=O)O)c3ccc4c(S(=O)(=O)O)cc(S(=O)(=O)O)cc4c3C2(C)C)N(CCCS(=O)(=O)O)c2ccc3c(S(=O)(=O)O)cc(S(=O)(=O)O)cc3c21. The van der Waals surface area contributed by atoms with E-state index in [2.05, 4.69) is 15.9 Å². The Labute approximate surface area is 390 Å². The van der Waals surface area contributed by atoms with Crippen LogP contribution in [0.4, 0.5) is 11.4 Å². The smallest absolute Gasteiger partial charge is 0.295 e. The fraction of sp³-hybridized carbons (Fsp3) is 0.333. The number of halogens is 1. The zero-order valence-corrected chi connectivity index (χ0v) is 41.5. The van der Waals surface area contributed by atoms with Crippen molar-refractivity contribution in [2.45, 2.75) is 77.0 Å². The molecule has 0 fully saturated rings. The molecule has 2 aliphatic rings. The van der Waals surface area contributed by atoms with Crippen LogP contribution in [0.25, 0.3) is 21.5 Å². The minimum absolute atomic E-state index is 0.0111. The molecule has 2 aliphatic heterocycles. The molecule has 0 aliphatic carbocycles. The minimum Gasteiger partial charge on any atom is -0.364 e. The van der Waals surface area contributed by atoms with E-state index in [4.69, 9.17) is 0 Å². The first kappa shape index (κ1) is 51.5. The van der Waals surface area contributed by atoms with Crippen LogP contribution < -0.4 is 9.80 Å². The molecule has 0 spiro atoms. The van der Waals surface area contributed by atoms with Crippen molar-refractivity contribution in [1.82, 2.24) is 0 Å². The summed E-state index contributed by atoms with van der Waals surface area (Å²) in [5.74, 6) is -1.28. The van der Waals surface area contributed by atoms with Gasteiger partial charge in [0.05, 0.1) is 27.3 Å². The van der Waals surface area contributed by atoms with Crippen molar-refractivity contribution in [3.63, 3.8) is 0 Å². The normalized spacial score (nSPS) is 18.8. The lowest BCUT2D eigenvalue weighted by atomic mass is 9.78. The molecular weight excluding hydrogens is 1060 g/mol. The van der Waals surface area contributed by atoms with Gasteiger partial charge < -0.3 is 9.80 Å². The molecule has 0 saturated heterocycles. The first-order valence-corrected chi connectivity index (χ1v) is 29.0. The van der Waals surface area contributed by atoms with E-state index in [-0.39, 0.29) is 47.5 Å². The van der Waals surface area contributed by atoms with Crippen LogP contribution in [-0.4, -0.2) is 108 Å². The molecule has 4 aromatic carbocycles. The Morgan fingerprint density at radius 2 is 1.06 bits per heavy atom.